The molecule has 6 nitrogen and oxygen atoms in total. The summed E-state index contributed by atoms with van der Waals surface area (Å²) >= 11 is 0. The van der Waals surface area contributed by atoms with Crippen molar-refractivity contribution in [3.63, 3.8) is 0 Å². The van der Waals surface area contributed by atoms with Gasteiger partial charge in [-0.3, -0.25) is 0 Å². The van der Waals surface area contributed by atoms with Crippen molar-refractivity contribution in [3.8, 4) is 0 Å². The SMILES string of the molecule is NNc1ccc(S(=O)(=O)N2CCc3ccccc3C2)cn1. The maximum atomic E-state index is 12.6. The summed E-state index contributed by atoms with van der Waals surface area (Å²) in [4.78, 5) is 4.14. The van der Waals surface area contributed by atoms with E-state index in [0.29, 0.717) is 18.9 Å². The zero-order valence-electron chi connectivity index (χ0n) is 11.4. The second-order valence-electron chi connectivity index (χ2n) is 4.88. The van der Waals surface area contributed by atoms with Gasteiger partial charge in [-0.25, -0.2) is 19.2 Å². The minimum Gasteiger partial charge on any atom is -0.308 e. The van der Waals surface area contributed by atoms with Crippen molar-refractivity contribution >= 4 is 15.8 Å². The largest absolute Gasteiger partial charge is 0.308 e. The molecule has 7 heteroatoms. The van der Waals surface area contributed by atoms with Crippen molar-refractivity contribution in [2.24, 2.45) is 5.84 Å². The first-order valence-corrected chi connectivity index (χ1v) is 8.05. The Hall–Kier alpha value is -1.96. The highest BCUT2D eigenvalue weighted by atomic mass is 32.2. The molecule has 21 heavy (non-hydrogen) atoms. The van der Waals surface area contributed by atoms with Gasteiger partial charge in [0.05, 0.1) is 0 Å². The number of nitrogens with zero attached hydrogens (tertiary/aromatic N) is 2. The number of hydrogen-bond acceptors (Lipinski definition) is 5. The molecule has 0 atom stereocenters. The summed E-state index contributed by atoms with van der Waals surface area (Å²) in [5, 5.41) is 0. The molecule has 3 rings (SSSR count). The quantitative estimate of drug-likeness (QED) is 0.655. The lowest BCUT2D eigenvalue weighted by Gasteiger charge is -2.27. The van der Waals surface area contributed by atoms with Crippen LogP contribution in [0.2, 0.25) is 0 Å². The third-order valence-electron chi connectivity index (χ3n) is 3.62. The number of aromatic nitrogens is 1. The number of sulfonamides is 1. The standard InChI is InChI=1S/C14H16N4O2S/c15-17-14-6-5-13(9-16-14)21(19,20)18-8-7-11-3-1-2-4-12(11)10-18/h1-6,9H,7-8,10,15H2,(H,16,17). The van der Waals surface area contributed by atoms with Gasteiger partial charge in [0.15, 0.2) is 0 Å². The summed E-state index contributed by atoms with van der Waals surface area (Å²) in [7, 11) is -3.53. The number of nitrogens with one attached hydrogen (secondary N) is 1. The maximum Gasteiger partial charge on any atom is 0.244 e. The van der Waals surface area contributed by atoms with Gasteiger partial charge in [0.25, 0.3) is 0 Å². The highest BCUT2D eigenvalue weighted by molar-refractivity contribution is 7.89. The number of hydrazine groups is 1. The van der Waals surface area contributed by atoms with E-state index in [1.807, 2.05) is 24.3 Å². The Bertz CT molecular complexity index is 744. The molecular formula is C14H16N4O2S. The molecule has 1 aromatic heterocycles. The van der Waals surface area contributed by atoms with Gasteiger partial charge in [-0.05, 0) is 29.7 Å². The highest BCUT2D eigenvalue weighted by Crippen LogP contribution is 2.24. The summed E-state index contributed by atoms with van der Waals surface area (Å²) in [6.07, 6.45) is 2.05. The summed E-state index contributed by atoms with van der Waals surface area (Å²) < 4.78 is 26.7. The number of anilines is 1. The van der Waals surface area contributed by atoms with Crippen LogP contribution in [0, 0.1) is 0 Å². The van der Waals surface area contributed by atoms with Crippen molar-refractivity contribution in [1.29, 1.82) is 0 Å². The lowest BCUT2D eigenvalue weighted by Crippen LogP contribution is -2.36. The Kier molecular flexibility index (Phi) is 3.62. The summed E-state index contributed by atoms with van der Waals surface area (Å²) in [5.74, 6) is 5.66. The minimum atomic E-state index is -3.53. The first kappa shape index (κ1) is 14.0. The van der Waals surface area contributed by atoms with E-state index >= 15 is 0 Å². The molecule has 0 bridgehead atoms. The van der Waals surface area contributed by atoms with Crippen LogP contribution in [-0.4, -0.2) is 24.3 Å². The van der Waals surface area contributed by atoms with E-state index in [4.69, 9.17) is 5.84 Å². The first-order valence-electron chi connectivity index (χ1n) is 6.61. The molecule has 0 spiro atoms. The molecule has 3 N–H and O–H groups in total. The Morgan fingerprint density at radius 1 is 1.14 bits per heavy atom. The molecular weight excluding hydrogens is 288 g/mol. The van der Waals surface area contributed by atoms with Gasteiger partial charge in [-0.15, -0.1) is 0 Å². The van der Waals surface area contributed by atoms with Crippen molar-refractivity contribution in [1.82, 2.24) is 9.29 Å². The van der Waals surface area contributed by atoms with Gasteiger partial charge in [-0.1, -0.05) is 24.3 Å². The normalized spacial score (nSPS) is 15.5. The lowest BCUT2D eigenvalue weighted by atomic mass is 10.0. The molecule has 110 valence electrons. The van der Waals surface area contributed by atoms with E-state index in [0.717, 1.165) is 12.0 Å². The predicted molar refractivity (Wildman–Crippen MR) is 79.8 cm³/mol. The fourth-order valence-electron chi connectivity index (χ4n) is 2.44. The van der Waals surface area contributed by atoms with Gasteiger partial charge in [0, 0.05) is 19.3 Å². The number of fused-ring (bicyclic) bond motifs is 1. The average molecular weight is 304 g/mol. The number of nitrogens with two attached hydrogens (primary N) is 1. The number of hydrogen-bond donors (Lipinski definition) is 2. The Morgan fingerprint density at radius 2 is 1.90 bits per heavy atom. The number of pyridine rings is 1. The molecule has 0 radical (unpaired) electrons. The second kappa shape index (κ2) is 5.44. The average Bonchev–Trinajstić information content (AvgIpc) is 2.54. The maximum absolute atomic E-state index is 12.6. The van der Waals surface area contributed by atoms with Crippen molar-refractivity contribution < 1.29 is 8.42 Å². The summed E-state index contributed by atoms with van der Waals surface area (Å²) in [6.45, 7) is 0.881. The van der Waals surface area contributed by atoms with Crippen molar-refractivity contribution in [3.05, 3.63) is 53.7 Å². The Labute approximate surface area is 123 Å². The van der Waals surface area contributed by atoms with Crippen molar-refractivity contribution in [2.45, 2.75) is 17.9 Å². The fourth-order valence-corrected chi connectivity index (χ4v) is 3.81. The van der Waals surface area contributed by atoms with E-state index in [9.17, 15) is 8.42 Å². The van der Waals surface area contributed by atoms with E-state index in [1.165, 1.54) is 22.1 Å². The van der Waals surface area contributed by atoms with Crippen LogP contribution in [-0.2, 0) is 23.0 Å². The topological polar surface area (TPSA) is 88.3 Å². The van der Waals surface area contributed by atoms with Gasteiger partial charge in [0.2, 0.25) is 10.0 Å². The molecule has 1 aliphatic heterocycles. The molecule has 1 aromatic carbocycles. The molecule has 0 amide bonds. The molecule has 1 aliphatic rings. The zero-order chi connectivity index (χ0) is 14.9. The second-order valence-corrected chi connectivity index (χ2v) is 6.82. The number of benzene rings is 1. The monoisotopic (exact) mass is 304 g/mol. The summed E-state index contributed by atoms with van der Waals surface area (Å²) in [5.41, 5.74) is 4.65. The first-order chi connectivity index (χ1) is 10.1. The van der Waals surface area contributed by atoms with Gasteiger partial charge in [0.1, 0.15) is 10.7 Å². The van der Waals surface area contributed by atoms with E-state index < -0.39 is 10.0 Å². The predicted octanol–water partition coefficient (Wildman–Crippen LogP) is 1.11. The lowest BCUT2D eigenvalue weighted by molar-refractivity contribution is 0.391. The van der Waals surface area contributed by atoms with Crippen LogP contribution >= 0.6 is 0 Å². The van der Waals surface area contributed by atoms with Crippen LogP contribution in [0.3, 0.4) is 0 Å². The van der Waals surface area contributed by atoms with Crippen molar-refractivity contribution in [2.75, 3.05) is 12.0 Å². The molecule has 0 saturated carbocycles. The zero-order valence-corrected chi connectivity index (χ0v) is 12.2. The van der Waals surface area contributed by atoms with Crippen LogP contribution in [0.15, 0.2) is 47.5 Å². The molecule has 0 aliphatic carbocycles. The number of rotatable bonds is 3. The van der Waals surface area contributed by atoms with Crippen LogP contribution in [0.4, 0.5) is 5.82 Å². The molecule has 0 unspecified atom stereocenters. The molecule has 0 saturated heterocycles. The van der Waals surface area contributed by atoms with Crippen LogP contribution < -0.4 is 11.3 Å². The minimum absolute atomic E-state index is 0.181. The van der Waals surface area contributed by atoms with Gasteiger partial charge >= 0.3 is 0 Å². The number of nitrogen functional groups attached to an aromatic ring is 1. The Balaban J connectivity index is 1.89. The van der Waals surface area contributed by atoms with Crippen LogP contribution in [0.1, 0.15) is 11.1 Å². The fraction of sp³-hybridized carbons (Fsp3) is 0.214. The van der Waals surface area contributed by atoms with Gasteiger partial charge < -0.3 is 5.43 Å². The van der Waals surface area contributed by atoms with E-state index in [-0.39, 0.29) is 4.90 Å². The summed E-state index contributed by atoms with van der Waals surface area (Å²) in [6, 6.07) is 11.0. The highest BCUT2D eigenvalue weighted by Gasteiger charge is 2.28. The molecule has 0 fully saturated rings. The third-order valence-corrected chi connectivity index (χ3v) is 5.45. The van der Waals surface area contributed by atoms with E-state index in [1.54, 1.807) is 6.07 Å². The van der Waals surface area contributed by atoms with Crippen LogP contribution in [0.5, 0.6) is 0 Å². The smallest absolute Gasteiger partial charge is 0.244 e. The van der Waals surface area contributed by atoms with E-state index in [2.05, 4.69) is 10.4 Å². The molecule has 2 aromatic rings. The van der Waals surface area contributed by atoms with Gasteiger partial charge in [-0.2, -0.15) is 4.31 Å². The Morgan fingerprint density at radius 3 is 2.57 bits per heavy atom. The molecule has 2 heterocycles. The van der Waals surface area contributed by atoms with Crippen LogP contribution in [0.25, 0.3) is 0 Å². The third kappa shape index (κ3) is 2.63.